The molecular formula is C24H25N5O2. The van der Waals surface area contributed by atoms with Crippen molar-refractivity contribution in [2.75, 3.05) is 31.0 Å². The van der Waals surface area contributed by atoms with Crippen LogP contribution in [-0.4, -0.2) is 41.3 Å². The smallest absolute Gasteiger partial charge is 0.201 e. The quantitative estimate of drug-likeness (QED) is 0.402. The molecule has 0 spiro atoms. The first kappa shape index (κ1) is 19.5. The van der Waals surface area contributed by atoms with Crippen LogP contribution >= 0.6 is 0 Å². The number of ether oxygens (including phenoxy) is 2. The molecule has 1 saturated heterocycles. The van der Waals surface area contributed by atoms with Crippen LogP contribution < -0.4 is 10.6 Å². The maximum absolute atomic E-state index is 5.66. The summed E-state index contributed by atoms with van der Waals surface area (Å²) < 4.78 is 10.9. The summed E-state index contributed by atoms with van der Waals surface area (Å²) in [6.45, 7) is 2.20. The number of hydrogen-bond donors (Lipinski definition) is 3. The molecule has 0 bridgehead atoms. The molecule has 0 radical (unpaired) electrons. The van der Waals surface area contributed by atoms with Crippen molar-refractivity contribution >= 4 is 22.7 Å². The molecule has 0 saturated carbocycles. The van der Waals surface area contributed by atoms with E-state index in [9.17, 15) is 0 Å². The van der Waals surface area contributed by atoms with Crippen molar-refractivity contribution in [2.45, 2.75) is 18.7 Å². The van der Waals surface area contributed by atoms with E-state index in [0.717, 1.165) is 52.7 Å². The van der Waals surface area contributed by atoms with Gasteiger partial charge in [-0.1, -0.05) is 30.3 Å². The number of H-pyrrole nitrogens is 1. The van der Waals surface area contributed by atoms with Gasteiger partial charge in [0.15, 0.2) is 0 Å². The molecule has 31 heavy (non-hydrogen) atoms. The van der Waals surface area contributed by atoms with Crippen LogP contribution in [0.4, 0.5) is 11.6 Å². The molecule has 7 heteroatoms. The minimum Gasteiger partial charge on any atom is -0.378 e. The average Bonchev–Trinajstić information content (AvgIpc) is 3.19. The lowest BCUT2D eigenvalue weighted by atomic mass is 10.0. The fourth-order valence-corrected chi connectivity index (χ4v) is 3.69. The van der Waals surface area contributed by atoms with Gasteiger partial charge in [-0.2, -0.15) is 0 Å². The molecule has 158 valence electrons. The van der Waals surface area contributed by atoms with Crippen LogP contribution in [0.15, 0.2) is 66.9 Å². The zero-order valence-corrected chi connectivity index (χ0v) is 17.3. The van der Waals surface area contributed by atoms with E-state index in [-0.39, 0.29) is 6.10 Å². The number of anilines is 2. The Kier molecular flexibility index (Phi) is 5.52. The normalized spacial score (nSPS) is 14.9. The Labute approximate surface area is 180 Å². The predicted octanol–water partition coefficient (Wildman–Crippen LogP) is 4.12. The number of methoxy groups -OCH3 is 1. The highest BCUT2D eigenvalue weighted by Gasteiger charge is 2.18. The topological polar surface area (TPSA) is 84.1 Å². The Morgan fingerprint density at radius 3 is 2.71 bits per heavy atom. The van der Waals surface area contributed by atoms with Gasteiger partial charge in [-0.25, -0.2) is 4.98 Å². The Hall–Kier alpha value is -3.42. The fourth-order valence-electron chi connectivity index (χ4n) is 3.69. The monoisotopic (exact) mass is 415 g/mol. The van der Waals surface area contributed by atoms with E-state index in [2.05, 4.69) is 62.0 Å². The van der Waals surface area contributed by atoms with Gasteiger partial charge in [0.25, 0.3) is 0 Å². The van der Waals surface area contributed by atoms with Crippen molar-refractivity contribution in [3.8, 4) is 0 Å². The van der Waals surface area contributed by atoms with Gasteiger partial charge < -0.3 is 25.1 Å². The first-order chi connectivity index (χ1) is 15.3. The molecule has 3 heterocycles. The summed E-state index contributed by atoms with van der Waals surface area (Å²) in [5, 5.41) is 6.84. The Balaban J connectivity index is 1.23. The summed E-state index contributed by atoms with van der Waals surface area (Å²) in [5.41, 5.74) is 6.15. The van der Waals surface area contributed by atoms with E-state index < -0.39 is 0 Å². The molecular weight excluding hydrogens is 390 g/mol. The molecule has 1 aliphatic heterocycles. The van der Waals surface area contributed by atoms with Crippen LogP contribution in [0.3, 0.4) is 0 Å². The highest BCUT2D eigenvalue weighted by atomic mass is 16.5. The first-order valence-corrected chi connectivity index (χ1v) is 10.4. The molecule has 2 aromatic carbocycles. The molecule has 1 fully saturated rings. The molecule has 1 aliphatic rings. The van der Waals surface area contributed by atoms with Crippen LogP contribution in [0.25, 0.3) is 11.0 Å². The van der Waals surface area contributed by atoms with E-state index in [1.165, 1.54) is 0 Å². The number of benzene rings is 2. The molecule has 5 rings (SSSR count). The minimum absolute atomic E-state index is 0.173. The maximum atomic E-state index is 5.66. The van der Waals surface area contributed by atoms with Gasteiger partial charge in [-0.05, 0) is 41.5 Å². The highest BCUT2D eigenvalue weighted by molar-refractivity contribution is 5.81. The van der Waals surface area contributed by atoms with Crippen molar-refractivity contribution in [1.82, 2.24) is 15.0 Å². The minimum atomic E-state index is -0.173. The van der Waals surface area contributed by atoms with Crippen LogP contribution in [0.2, 0.25) is 0 Å². The number of hydrogen-bond acceptors (Lipinski definition) is 6. The van der Waals surface area contributed by atoms with Crippen LogP contribution in [0, 0.1) is 0 Å². The van der Waals surface area contributed by atoms with Crippen LogP contribution in [-0.2, 0) is 16.0 Å². The van der Waals surface area contributed by atoms with Gasteiger partial charge in [-0.15, -0.1) is 0 Å². The van der Waals surface area contributed by atoms with Crippen molar-refractivity contribution in [2.24, 2.45) is 0 Å². The van der Waals surface area contributed by atoms with Gasteiger partial charge in [0.1, 0.15) is 6.10 Å². The summed E-state index contributed by atoms with van der Waals surface area (Å²) in [4.78, 5) is 12.4. The zero-order chi connectivity index (χ0) is 21.0. The first-order valence-electron chi connectivity index (χ1n) is 10.4. The maximum Gasteiger partial charge on any atom is 0.201 e. The third-order valence-electron chi connectivity index (χ3n) is 5.43. The Morgan fingerprint density at radius 1 is 1.13 bits per heavy atom. The van der Waals surface area contributed by atoms with Crippen molar-refractivity contribution in [3.05, 3.63) is 83.7 Å². The Morgan fingerprint density at radius 2 is 2.00 bits per heavy atom. The SMILES string of the molecule is COC(c1ccc(CNc2nc3ccc(NC4COC4)cc3[nH]2)cc1)c1ccccn1. The van der Waals surface area contributed by atoms with Gasteiger partial charge in [0.05, 0.1) is 36.0 Å². The Bertz CT molecular complexity index is 1140. The van der Waals surface area contributed by atoms with E-state index in [1.54, 1.807) is 13.3 Å². The predicted molar refractivity (Wildman–Crippen MR) is 121 cm³/mol. The molecule has 1 atom stereocenters. The largest absolute Gasteiger partial charge is 0.378 e. The number of fused-ring (bicyclic) bond motifs is 1. The van der Waals surface area contributed by atoms with Gasteiger partial charge in [0, 0.05) is 25.5 Å². The van der Waals surface area contributed by atoms with Crippen molar-refractivity contribution in [3.63, 3.8) is 0 Å². The van der Waals surface area contributed by atoms with Crippen LogP contribution in [0.5, 0.6) is 0 Å². The number of imidazole rings is 1. The average molecular weight is 415 g/mol. The van der Waals surface area contributed by atoms with Gasteiger partial charge >= 0.3 is 0 Å². The third kappa shape index (κ3) is 4.38. The number of nitrogens with one attached hydrogen (secondary N) is 3. The standard InChI is InChI=1S/C24H25N5O2/c1-30-23(21-4-2-3-11-25-21)17-7-5-16(6-8-17)13-26-24-28-20-10-9-18(12-22(20)29-24)27-19-14-31-15-19/h2-12,19,23,27H,13-15H2,1H3,(H2,26,28,29). The molecule has 3 N–H and O–H groups in total. The summed E-state index contributed by atoms with van der Waals surface area (Å²) in [5.74, 6) is 0.756. The number of nitrogens with zero attached hydrogens (tertiary/aromatic N) is 2. The second-order valence-corrected chi connectivity index (χ2v) is 7.66. The number of aromatic nitrogens is 3. The molecule has 7 nitrogen and oxygen atoms in total. The third-order valence-corrected chi connectivity index (χ3v) is 5.43. The second-order valence-electron chi connectivity index (χ2n) is 7.66. The molecule has 2 aromatic heterocycles. The van der Waals surface area contributed by atoms with E-state index in [0.29, 0.717) is 12.6 Å². The lowest BCUT2D eigenvalue weighted by Gasteiger charge is -2.27. The molecule has 0 aliphatic carbocycles. The number of aromatic amines is 1. The van der Waals surface area contributed by atoms with Gasteiger partial charge in [0.2, 0.25) is 5.95 Å². The van der Waals surface area contributed by atoms with Gasteiger partial charge in [-0.3, -0.25) is 4.98 Å². The van der Waals surface area contributed by atoms with Crippen molar-refractivity contribution in [1.29, 1.82) is 0 Å². The lowest BCUT2D eigenvalue weighted by Crippen LogP contribution is -2.40. The van der Waals surface area contributed by atoms with E-state index in [1.807, 2.05) is 24.3 Å². The summed E-state index contributed by atoms with van der Waals surface area (Å²) >= 11 is 0. The van der Waals surface area contributed by atoms with Crippen LogP contribution in [0.1, 0.15) is 22.9 Å². The van der Waals surface area contributed by atoms with Crippen molar-refractivity contribution < 1.29 is 9.47 Å². The van der Waals surface area contributed by atoms with E-state index in [4.69, 9.17) is 9.47 Å². The zero-order valence-electron chi connectivity index (χ0n) is 17.3. The number of rotatable bonds is 8. The lowest BCUT2D eigenvalue weighted by molar-refractivity contribution is 0.0211. The summed E-state index contributed by atoms with van der Waals surface area (Å²) in [7, 11) is 1.71. The number of pyridine rings is 1. The molecule has 1 unspecified atom stereocenters. The fraction of sp³-hybridized carbons (Fsp3) is 0.250. The van der Waals surface area contributed by atoms with E-state index >= 15 is 0 Å². The molecule has 4 aromatic rings. The molecule has 0 amide bonds. The second kappa shape index (κ2) is 8.75. The summed E-state index contributed by atoms with van der Waals surface area (Å²) in [6, 6.07) is 20.8. The highest BCUT2D eigenvalue weighted by Crippen LogP contribution is 2.24. The summed E-state index contributed by atoms with van der Waals surface area (Å²) in [6.07, 6.45) is 1.61.